The fourth-order valence-corrected chi connectivity index (χ4v) is 5.82. The van der Waals surface area contributed by atoms with Crippen LogP contribution in [0.4, 0.5) is 0 Å². The highest BCUT2D eigenvalue weighted by Crippen LogP contribution is 2.42. The molecule has 0 amide bonds. The number of hydrogen-bond acceptors (Lipinski definition) is 4. The third-order valence-corrected chi connectivity index (χ3v) is 7.85. The maximum atomic E-state index is 6.52. The Balaban J connectivity index is 0.00000337. The number of methoxy groups -OCH3 is 3. The van der Waals surface area contributed by atoms with Crippen LogP contribution in [0.2, 0.25) is 0 Å². The van der Waals surface area contributed by atoms with Crippen LogP contribution in [0.1, 0.15) is 23.6 Å². The molecule has 0 radical (unpaired) electrons. The van der Waals surface area contributed by atoms with Crippen LogP contribution >= 0.6 is 0 Å². The van der Waals surface area contributed by atoms with Crippen molar-refractivity contribution in [1.29, 1.82) is 0 Å². The van der Waals surface area contributed by atoms with Crippen molar-refractivity contribution in [3.63, 3.8) is 0 Å². The molecular weight excluding hydrogens is 625 g/mol. The number of ether oxygens (including phenoxy) is 4. The molecular formula is C35H34INO4. The summed E-state index contributed by atoms with van der Waals surface area (Å²) in [7, 11) is 5.07. The number of hydrogen-bond donors (Lipinski definition) is 0. The van der Waals surface area contributed by atoms with Gasteiger partial charge in [0.05, 0.1) is 32.3 Å². The number of fused-ring (bicyclic) bond motifs is 4. The number of pyridine rings is 1. The van der Waals surface area contributed by atoms with Gasteiger partial charge in [-0.3, -0.25) is 0 Å². The minimum atomic E-state index is 0. The highest BCUT2D eigenvalue weighted by Gasteiger charge is 2.31. The van der Waals surface area contributed by atoms with Gasteiger partial charge < -0.3 is 42.9 Å². The zero-order valence-corrected chi connectivity index (χ0v) is 26.0. The van der Waals surface area contributed by atoms with Gasteiger partial charge in [0.25, 0.3) is 0 Å². The smallest absolute Gasteiger partial charge is 0.216 e. The largest absolute Gasteiger partial charge is 1.00 e. The normalized spacial score (nSPS) is 11.7. The topological polar surface area (TPSA) is 40.8 Å². The summed E-state index contributed by atoms with van der Waals surface area (Å²) in [5.41, 5.74) is 8.48. The third-order valence-electron chi connectivity index (χ3n) is 7.85. The third kappa shape index (κ3) is 5.33. The van der Waals surface area contributed by atoms with Gasteiger partial charge in [-0.2, -0.15) is 4.57 Å². The average Bonchev–Trinajstić information content (AvgIpc) is 3.02. The first kappa shape index (κ1) is 28.7. The molecule has 0 atom stereocenters. The summed E-state index contributed by atoms with van der Waals surface area (Å²) in [5.74, 6) is 3.02. The summed E-state index contributed by atoms with van der Waals surface area (Å²) >= 11 is 0. The minimum Gasteiger partial charge on any atom is -1.00 e. The molecule has 41 heavy (non-hydrogen) atoms. The van der Waals surface area contributed by atoms with Gasteiger partial charge in [0.15, 0.2) is 35.7 Å². The fraction of sp³-hybridized carbons (Fsp3) is 0.229. The molecule has 1 aliphatic rings. The Hall–Kier alpha value is -3.78. The predicted molar refractivity (Wildman–Crippen MR) is 159 cm³/mol. The van der Waals surface area contributed by atoms with Crippen LogP contribution in [-0.4, -0.2) is 21.3 Å². The van der Waals surface area contributed by atoms with E-state index in [-0.39, 0.29) is 24.0 Å². The summed E-state index contributed by atoms with van der Waals surface area (Å²) in [6.07, 6.45) is 4.02. The summed E-state index contributed by atoms with van der Waals surface area (Å²) < 4.78 is 25.9. The molecule has 4 aromatic carbocycles. The van der Waals surface area contributed by atoms with Gasteiger partial charge in [-0.25, -0.2) is 0 Å². The second kappa shape index (κ2) is 12.4. The highest BCUT2D eigenvalue weighted by molar-refractivity contribution is 5.95. The molecule has 0 N–H and O–H groups in total. The Morgan fingerprint density at radius 1 is 0.732 bits per heavy atom. The van der Waals surface area contributed by atoms with Crippen molar-refractivity contribution < 1.29 is 47.5 Å². The molecule has 2 heterocycles. The Morgan fingerprint density at radius 3 is 2.10 bits per heavy atom. The molecule has 0 saturated heterocycles. The lowest BCUT2D eigenvalue weighted by Crippen LogP contribution is -3.00. The van der Waals surface area contributed by atoms with E-state index in [0.29, 0.717) is 6.61 Å². The zero-order valence-electron chi connectivity index (χ0n) is 23.9. The first-order chi connectivity index (χ1) is 19.6. The van der Waals surface area contributed by atoms with Gasteiger partial charge in [0.1, 0.15) is 6.61 Å². The van der Waals surface area contributed by atoms with Crippen LogP contribution in [0.15, 0.2) is 85.1 Å². The summed E-state index contributed by atoms with van der Waals surface area (Å²) in [5, 5.41) is 2.23. The van der Waals surface area contributed by atoms with Crippen LogP contribution < -0.4 is 47.5 Å². The lowest BCUT2D eigenvalue weighted by atomic mass is 9.90. The van der Waals surface area contributed by atoms with E-state index >= 15 is 0 Å². The summed E-state index contributed by atoms with van der Waals surface area (Å²) in [4.78, 5) is 0. The number of nitrogens with zero attached hydrogens (tertiary/aromatic N) is 1. The predicted octanol–water partition coefficient (Wildman–Crippen LogP) is 4.19. The first-order valence-electron chi connectivity index (χ1n) is 13.7. The van der Waals surface area contributed by atoms with Crippen molar-refractivity contribution >= 4 is 10.8 Å². The Labute approximate surface area is 258 Å². The van der Waals surface area contributed by atoms with E-state index in [2.05, 4.69) is 84.4 Å². The fourth-order valence-electron chi connectivity index (χ4n) is 5.82. The molecule has 0 bridgehead atoms. The van der Waals surface area contributed by atoms with Gasteiger partial charge in [-0.05, 0) is 52.9 Å². The molecule has 5 nitrogen and oxygen atoms in total. The summed E-state index contributed by atoms with van der Waals surface area (Å²) in [6, 6.07) is 27.4. The van der Waals surface area contributed by atoms with Crippen LogP contribution in [0.3, 0.4) is 0 Å². The van der Waals surface area contributed by atoms with Crippen molar-refractivity contribution in [2.24, 2.45) is 0 Å². The van der Waals surface area contributed by atoms with E-state index in [9.17, 15) is 0 Å². The van der Waals surface area contributed by atoms with E-state index in [1.807, 2.05) is 12.1 Å². The van der Waals surface area contributed by atoms with Crippen LogP contribution in [0, 0.1) is 0 Å². The van der Waals surface area contributed by atoms with Crippen molar-refractivity contribution in [1.82, 2.24) is 0 Å². The number of halogens is 1. The van der Waals surface area contributed by atoms with Gasteiger partial charge in [0, 0.05) is 17.4 Å². The number of aryl methyl sites for hydroxylation is 3. The van der Waals surface area contributed by atoms with Crippen LogP contribution in [0.5, 0.6) is 23.0 Å². The number of rotatable bonds is 8. The average molecular weight is 660 g/mol. The Kier molecular flexibility index (Phi) is 8.68. The van der Waals surface area contributed by atoms with Crippen molar-refractivity contribution in [3.8, 4) is 45.4 Å². The summed E-state index contributed by atoms with van der Waals surface area (Å²) in [6.45, 7) is 3.54. The van der Waals surface area contributed by atoms with E-state index < -0.39 is 0 Å². The molecule has 0 spiro atoms. The highest BCUT2D eigenvalue weighted by atomic mass is 127. The van der Waals surface area contributed by atoms with Crippen LogP contribution in [0.25, 0.3) is 33.2 Å². The number of aromatic nitrogens is 1. The quantitative estimate of drug-likeness (QED) is 0.185. The van der Waals surface area contributed by atoms with Crippen molar-refractivity contribution in [2.45, 2.75) is 32.9 Å². The number of benzene rings is 4. The standard InChI is InChI=1S/C35H34NO4.HI/c1-5-27-28-15-16-31(37-2)35(40-22-23-11-13-25(14-12-23)24-9-7-6-8-10-24)30(28)21-36-18-17-26-19-32(38-3)33(39-4)20-29(26)34(27)36;/h6-16,19-21H,5,17-18,22H2,1-4H3;1H/q+1;/p-1. The van der Waals surface area contributed by atoms with E-state index in [0.717, 1.165) is 53.3 Å². The van der Waals surface area contributed by atoms with Gasteiger partial charge in [-0.15, -0.1) is 0 Å². The first-order valence-corrected chi connectivity index (χ1v) is 13.7. The Bertz CT molecular complexity index is 1680. The molecule has 0 unspecified atom stereocenters. The molecule has 0 aliphatic carbocycles. The van der Waals surface area contributed by atoms with Gasteiger partial charge >= 0.3 is 0 Å². The van der Waals surface area contributed by atoms with Crippen molar-refractivity contribution in [2.75, 3.05) is 21.3 Å². The zero-order chi connectivity index (χ0) is 27.6. The molecule has 6 heteroatoms. The maximum absolute atomic E-state index is 6.52. The minimum absolute atomic E-state index is 0. The van der Waals surface area contributed by atoms with Gasteiger partial charge in [0.2, 0.25) is 5.69 Å². The lowest BCUT2D eigenvalue weighted by Gasteiger charge is -2.22. The van der Waals surface area contributed by atoms with Crippen LogP contribution in [-0.2, 0) is 26.0 Å². The SMILES string of the molecule is CCc1c2[n+](cc3c(OCc4ccc(-c5ccccc5)cc4)c(OC)ccc13)CCc1cc(OC)c(OC)cc1-2.[I-]. The van der Waals surface area contributed by atoms with E-state index in [1.54, 1.807) is 21.3 Å². The molecule has 5 aromatic rings. The molecule has 0 fully saturated rings. The molecule has 1 aromatic heterocycles. The molecule has 1 aliphatic heterocycles. The maximum Gasteiger partial charge on any atom is 0.216 e. The molecule has 0 saturated carbocycles. The van der Waals surface area contributed by atoms with E-state index in [4.69, 9.17) is 18.9 Å². The lowest BCUT2D eigenvalue weighted by molar-refractivity contribution is -0.686. The second-order valence-electron chi connectivity index (χ2n) is 10.0. The monoisotopic (exact) mass is 659 g/mol. The Morgan fingerprint density at radius 2 is 1.41 bits per heavy atom. The second-order valence-corrected chi connectivity index (χ2v) is 10.0. The van der Waals surface area contributed by atoms with Crippen molar-refractivity contribution in [3.05, 3.63) is 102 Å². The van der Waals surface area contributed by atoms with Gasteiger partial charge in [-0.1, -0.05) is 61.5 Å². The van der Waals surface area contributed by atoms with E-state index in [1.165, 1.54) is 38.9 Å². The molecule has 6 rings (SSSR count). The molecule has 210 valence electrons.